The first-order valence-electron chi connectivity index (χ1n) is 18.3. The van der Waals surface area contributed by atoms with E-state index in [0.29, 0.717) is 17.5 Å². The van der Waals surface area contributed by atoms with Gasteiger partial charge in [-0.05, 0) is 75.6 Å². The molecule has 53 heavy (non-hydrogen) atoms. The van der Waals surface area contributed by atoms with Gasteiger partial charge in [0, 0.05) is 16.7 Å². The van der Waals surface area contributed by atoms with E-state index in [0.717, 1.165) is 33.4 Å². The topological polar surface area (TPSA) is 38.7 Å². The van der Waals surface area contributed by atoms with E-state index < -0.39 is 5.41 Å². The molecule has 0 saturated heterocycles. The molecule has 2 aliphatic rings. The van der Waals surface area contributed by atoms with Crippen LogP contribution in [0.5, 0.6) is 0 Å². The third kappa shape index (κ3) is 5.85. The summed E-state index contributed by atoms with van der Waals surface area (Å²) in [5.74, 6) is 1.89. The maximum absolute atomic E-state index is 5.16. The zero-order valence-corrected chi connectivity index (χ0v) is 30.8. The summed E-state index contributed by atoms with van der Waals surface area (Å²) < 4.78 is 0. The highest BCUT2D eigenvalue weighted by atomic mass is 15.0. The molecule has 1 spiro atoms. The summed E-state index contributed by atoms with van der Waals surface area (Å²) in [5, 5.41) is 0. The number of nitrogens with zero attached hydrogens (tertiary/aromatic N) is 3. The van der Waals surface area contributed by atoms with E-state index in [1.165, 1.54) is 39.0 Å². The van der Waals surface area contributed by atoms with Crippen molar-refractivity contribution in [1.82, 2.24) is 15.0 Å². The highest BCUT2D eigenvalue weighted by Crippen LogP contribution is 2.62. The largest absolute Gasteiger partial charge is 0.208 e. The summed E-state index contributed by atoms with van der Waals surface area (Å²) in [4.78, 5) is 15.3. The number of benzene rings is 5. The SMILES string of the molecule is C=C/C=C\C(=C/C)c1ccc(-c2nc(-c3ccccc3)nc(-c3ccc4c(c3)C3(C(/C=C\C)=C(C=C)c5ccccc53)c3ccccc3-4)n2)cc1.CC. The molecule has 0 bridgehead atoms. The van der Waals surface area contributed by atoms with E-state index in [9.17, 15) is 0 Å². The van der Waals surface area contributed by atoms with Gasteiger partial charge in [0.25, 0.3) is 0 Å². The van der Waals surface area contributed by atoms with Gasteiger partial charge >= 0.3 is 0 Å². The van der Waals surface area contributed by atoms with Crippen LogP contribution in [-0.2, 0) is 5.41 Å². The lowest BCUT2D eigenvalue weighted by molar-refractivity contribution is 0.786. The Bertz CT molecular complexity index is 2460. The lowest BCUT2D eigenvalue weighted by Gasteiger charge is -2.31. The van der Waals surface area contributed by atoms with Crippen LogP contribution in [0.25, 0.3) is 56.4 Å². The Labute approximate surface area is 313 Å². The van der Waals surface area contributed by atoms with Crippen molar-refractivity contribution in [3.63, 3.8) is 0 Å². The Morgan fingerprint density at radius 1 is 0.585 bits per heavy atom. The number of allylic oxidation sites excluding steroid dienone is 10. The fourth-order valence-electron chi connectivity index (χ4n) is 7.83. The van der Waals surface area contributed by atoms with Crippen molar-refractivity contribution in [1.29, 1.82) is 0 Å². The monoisotopic (exact) mass is 685 g/mol. The van der Waals surface area contributed by atoms with E-state index in [1.54, 1.807) is 6.08 Å². The van der Waals surface area contributed by atoms with Gasteiger partial charge in [0.05, 0.1) is 5.41 Å². The van der Waals surface area contributed by atoms with Crippen molar-refractivity contribution >= 4 is 11.1 Å². The molecule has 0 amide bonds. The molecule has 8 rings (SSSR count). The summed E-state index contributed by atoms with van der Waals surface area (Å²) in [7, 11) is 0. The third-order valence-corrected chi connectivity index (χ3v) is 10.0. The minimum atomic E-state index is -0.507. The molecule has 1 unspecified atom stereocenters. The van der Waals surface area contributed by atoms with Gasteiger partial charge in [-0.25, -0.2) is 15.0 Å². The molecular formula is C50H43N3. The van der Waals surface area contributed by atoms with E-state index in [-0.39, 0.29) is 0 Å². The van der Waals surface area contributed by atoms with Crippen molar-refractivity contribution in [2.24, 2.45) is 0 Å². The molecule has 0 aliphatic heterocycles. The molecular weight excluding hydrogens is 643 g/mol. The van der Waals surface area contributed by atoms with Gasteiger partial charge in [-0.1, -0.05) is 185 Å². The van der Waals surface area contributed by atoms with Gasteiger partial charge < -0.3 is 0 Å². The summed E-state index contributed by atoms with van der Waals surface area (Å²) >= 11 is 0. The summed E-state index contributed by atoms with van der Waals surface area (Å²) in [6, 6.07) is 42.8. The van der Waals surface area contributed by atoms with Gasteiger partial charge in [-0.3, -0.25) is 0 Å². The van der Waals surface area contributed by atoms with Crippen LogP contribution >= 0.6 is 0 Å². The van der Waals surface area contributed by atoms with Crippen molar-refractivity contribution in [3.05, 3.63) is 210 Å². The molecule has 1 aromatic heterocycles. The van der Waals surface area contributed by atoms with Crippen LogP contribution in [0.2, 0.25) is 0 Å². The predicted molar refractivity (Wildman–Crippen MR) is 224 cm³/mol. The normalized spacial score (nSPS) is 15.7. The Morgan fingerprint density at radius 3 is 1.75 bits per heavy atom. The molecule has 0 radical (unpaired) electrons. The zero-order valence-electron chi connectivity index (χ0n) is 30.8. The number of fused-ring (bicyclic) bond motifs is 7. The second kappa shape index (κ2) is 15.0. The Balaban J connectivity index is 0.00000214. The quantitative estimate of drug-likeness (QED) is 0.150. The van der Waals surface area contributed by atoms with Crippen molar-refractivity contribution in [3.8, 4) is 45.3 Å². The fraction of sp³-hybridized carbons (Fsp3) is 0.100. The maximum atomic E-state index is 5.16. The minimum absolute atomic E-state index is 0.507. The van der Waals surface area contributed by atoms with Crippen LogP contribution < -0.4 is 0 Å². The van der Waals surface area contributed by atoms with Gasteiger partial charge in [0.15, 0.2) is 17.5 Å². The van der Waals surface area contributed by atoms with E-state index in [2.05, 4.69) is 135 Å². The fourth-order valence-corrected chi connectivity index (χ4v) is 7.83. The van der Waals surface area contributed by atoms with Crippen LogP contribution in [0, 0.1) is 0 Å². The van der Waals surface area contributed by atoms with E-state index in [1.807, 2.05) is 63.3 Å². The van der Waals surface area contributed by atoms with Crippen molar-refractivity contribution < 1.29 is 0 Å². The van der Waals surface area contributed by atoms with Gasteiger partial charge in [0.2, 0.25) is 0 Å². The highest BCUT2D eigenvalue weighted by Gasteiger charge is 2.51. The van der Waals surface area contributed by atoms with Crippen molar-refractivity contribution in [2.75, 3.05) is 0 Å². The van der Waals surface area contributed by atoms with Gasteiger partial charge in [-0.2, -0.15) is 0 Å². The van der Waals surface area contributed by atoms with Crippen LogP contribution in [0.4, 0.5) is 0 Å². The molecule has 258 valence electrons. The van der Waals surface area contributed by atoms with E-state index in [4.69, 9.17) is 15.0 Å². The molecule has 3 nitrogen and oxygen atoms in total. The summed E-state index contributed by atoms with van der Waals surface area (Å²) in [5.41, 5.74) is 14.4. The molecule has 0 fully saturated rings. The summed E-state index contributed by atoms with van der Waals surface area (Å²) in [6.45, 7) is 16.2. The highest BCUT2D eigenvalue weighted by molar-refractivity contribution is 5.98. The lowest BCUT2D eigenvalue weighted by atomic mass is 9.69. The Morgan fingerprint density at radius 2 is 1.13 bits per heavy atom. The van der Waals surface area contributed by atoms with Crippen LogP contribution in [-0.4, -0.2) is 15.0 Å². The van der Waals surface area contributed by atoms with Gasteiger partial charge in [0.1, 0.15) is 0 Å². The zero-order chi connectivity index (χ0) is 37.0. The second-order valence-corrected chi connectivity index (χ2v) is 12.7. The average molecular weight is 686 g/mol. The maximum Gasteiger partial charge on any atom is 0.164 e. The number of hydrogen-bond acceptors (Lipinski definition) is 3. The molecule has 2 aliphatic carbocycles. The smallest absolute Gasteiger partial charge is 0.164 e. The molecule has 1 atom stereocenters. The first-order valence-corrected chi connectivity index (χ1v) is 18.3. The van der Waals surface area contributed by atoms with E-state index >= 15 is 0 Å². The standard InChI is InChI=1S/C48H37N3.C2H6/c1-5-9-18-32(7-3)33-25-27-35(28-26-33)46-49-45(34-19-11-10-12-20-34)50-47(51-46)36-29-30-40-39-22-14-16-24-43(39)48(44(40)31-36)41(17-6-2)37(8-4)38-21-13-15-23-42(38)48;1-2/h5-31H,1,4H2,2-3H3;1-2H3/b17-6-,18-9-,32-7+;. The third-order valence-electron chi connectivity index (χ3n) is 10.0. The molecule has 3 heteroatoms. The Kier molecular flexibility index (Phi) is 9.92. The molecule has 1 heterocycles. The van der Waals surface area contributed by atoms with Crippen LogP contribution in [0.1, 0.15) is 55.5 Å². The first kappa shape index (κ1) is 35.0. The molecule has 0 N–H and O–H groups in total. The summed E-state index contributed by atoms with van der Waals surface area (Å²) in [6.07, 6.45) is 14.3. The van der Waals surface area contributed by atoms with Crippen LogP contribution in [0.15, 0.2) is 183 Å². The predicted octanol–water partition coefficient (Wildman–Crippen LogP) is 12.9. The number of hydrogen-bond donors (Lipinski definition) is 0. The lowest BCUT2D eigenvalue weighted by Crippen LogP contribution is -2.26. The first-order chi connectivity index (χ1) is 26.1. The second-order valence-electron chi connectivity index (χ2n) is 12.7. The van der Waals surface area contributed by atoms with Gasteiger partial charge in [-0.15, -0.1) is 0 Å². The Hall–Kier alpha value is -6.45. The molecule has 6 aromatic rings. The minimum Gasteiger partial charge on any atom is -0.208 e. The van der Waals surface area contributed by atoms with Crippen LogP contribution in [0.3, 0.4) is 0 Å². The van der Waals surface area contributed by atoms with Crippen molar-refractivity contribution in [2.45, 2.75) is 33.1 Å². The molecule has 5 aromatic carbocycles. The average Bonchev–Trinajstić information content (AvgIpc) is 3.68. The molecule has 0 saturated carbocycles. The number of rotatable bonds is 8. The number of aromatic nitrogens is 3.